The molecular weight excluding hydrogens is 238 g/mol. The fourth-order valence-corrected chi connectivity index (χ4v) is 2.31. The predicted octanol–water partition coefficient (Wildman–Crippen LogP) is 2.68. The minimum Gasteiger partial charge on any atom is -0.376 e. The lowest BCUT2D eigenvalue weighted by molar-refractivity contribution is 0.0468. The molecule has 1 aliphatic rings. The first-order valence-corrected chi connectivity index (χ1v) is 7.84. The Morgan fingerprint density at radius 1 is 1.26 bits per heavy atom. The Balaban J connectivity index is 2.02. The van der Waals surface area contributed by atoms with Crippen molar-refractivity contribution in [2.24, 2.45) is 16.6 Å². The maximum Gasteiger partial charge on any atom is 0.188 e. The maximum absolute atomic E-state index is 5.88. The Kier molecular flexibility index (Phi) is 8.63. The topological polar surface area (TPSA) is 59.6 Å². The van der Waals surface area contributed by atoms with Crippen LogP contribution in [0.2, 0.25) is 0 Å². The SMILES string of the molecule is CC(C)CCN=C(N)NCCOC1CCCCCC1. The van der Waals surface area contributed by atoms with Gasteiger partial charge in [-0.05, 0) is 25.2 Å². The third kappa shape index (κ3) is 8.87. The normalized spacial score (nSPS) is 18.6. The van der Waals surface area contributed by atoms with Crippen LogP contribution in [0.3, 0.4) is 0 Å². The first-order chi connectivity index (χ1) is 9.18. The number of nitrogens with one attached hydrogen (secondary N) is 1. The summed E-state index contributed by atoms with van der Waals surface area (Å²) in [5.74, 6) is 1.22. The Morgan fingerprint density at radius 3 is 2.58 bits per heavy atom. The molecule has 1 saturated carbocycles. The zero-order valence-corrected chi connectivity index (χ0v) is 12.7. The summed E-state index contributed by atoms with van der Waals surface area (Å²) in [6.07, 6.45) is 9.36. The van der Waals surface area contributed by atoms with Crippen LogP contribution in [0.15, 0.2) is 4.99 Å². The van der Waals surface area contributed by atoms with Gasteiger partial charge in [-0.15, -0.1) is 0 Å². The van der Waals surface area contributed by atoms with E-state index in [4.69, 9.17) is 10.5 Å². The first-order valence-electron chi connectivity index (χ1n) is 7.84. The monoisotopic (exact) mass is 269 g/mol. The zero-order valence-electron chi connectivity index (χ0n) is 12.7. The molecule has 0 heterocycles. The van der Waals surface area contributed by atoms with Gasteiger partial charge in [0.25, 0.3) is 0 Å². The van der Waals surface area contributed by atoms with Crippen LogP contribution < -0.4 is 11.1 Å². The summed E-state index contributed by atoms with van der Waals surface area (Å²) in [4.78, 5) is 4.29. The molecular formula is C15H31N3O. The largest absolute Gasteiger partial charge is 0.376 e. The van der Waals surface area contributed by atoms with E-state index in [2.05, 4.69) is 24.2 Å². The molecule has 0 unspecified atom stereocenters. The van der Waals surface area contributed by atoms with Gasteiger partial charge >= 0.3 is 0 Å². The van der Waals surface area contributed by atoms with Crippen LogP contribution in [-0.2, 0) is 4.74 Å². The summed E-state index contributed by atoms with van der Waals surface area (Å²) in [5, 5.41) is 3.11. The van der Waals surface area contributed by atoms with Gasteiger partial charge in [0, 0.05) is 13.1 Å². The molecule has 0 radical (unpaired) electrons. The van der Waals surface area contributed by atoms with Gasteiger partial charge in [-0.1, -0.05) is 39.5 Å². The molecule has 0 amide bonds. The molecule has 0 aromatic heterocycles. The smallest absolute Gasteiger partial charge is 0.188 e. The molecule has 0 aromatic rings. The summed E-state index contributed by atoms with van der Waals surface area (Å²) in [5.41, 5.74) is 5.79. The minimum absolute atomic E-state index is 0.461. The van der Waals surface area contributed by atoms with E-state index in [0.717, 1.165) is 26.1 Å². The van der Waals surface area contributed by atoms with Gasteiger partial charge in [0.1, 0.15) is 0 Å². The number of nitrogens with zero attached hydrogens (tertiary/aromatic N) is 1. The van der Waals surface area contributed by atoms with Crippen LogP contribution in [-0.4, -0.2) is 31.8 Å². The van der Waals surface area contributed by atoms with E-state index >= 15 is 0 Å². The summed E-state index contributed by atoms with van der Waals surface area (Å²) < 4.78 is 5.88. The van der Waals surface area contributed by atoms with Gasteiger partial charge in [-0.25, -0.2) is 0 Å². The number of guanidine groups is 1. The number of hydrogen-bond acceptors (Lipinski definition) is 2. The van der Waals surface area contributed by atoms with Crippen molar-refractivity contribution >= 4 is 5.96 Å². The quantitative estimate of drug-likeness (QED) is 0.323. The van der Waals surface area contributed by atoms with E-state index in [-0.39, 0.29) is 0 Å². The molecule has 0 aliphatic heterocycles. The number of hydrogen-bond donors (Lipinski definition) is 2. The van der Waals surface area contributed by atoms with Crippen molar-refractivity contribution in [3.8, 4) is 0 Å². The average molecular weight is 269 g/mol. The molecule has 1 fully saturated rings. The van der Waals surface area contributed by atoms with Crippen LogP contribution in [0, 0.1) is 5.92 Å². The number of ether oxygens (including phenoxy) is 1. The Bertz CT molecular complexity index is 246. The van der Waals surface area contributed by atoms with E-state index in [1.54, 1.807) is 0 Å². The van der Waals surface area contributed by atoms with Crippen molar-refractivity contribution in [2.75, 3.05) is 19.7 Å². The molecule has 3 N–H and O–H groups in total. The van der Waals surface area contributed by atoms with Crippen LogP contribution in [0.5, 0.6) is 0 Å². The lowest BCUT2D eigenvalue weighted by atomic mass is 10.1. The molecule has 0 saturated heterocycles. The third-order valence-electron chi connectivity index (χ3n) is 3.55. The molecule has 112 valence electrons. The number of nitrogens with two attached hydrogens (primary N) is 1. The van der Waals surface area contributed by atoms with Gasteiger partial charge in [0.05, 0.1) is 12.7 Å². The lowest BCUT2D eigenvalue weighted by Crippen LogP contribution is -2.35. The van der Waals surface area contributed by atoms with E-state index in [0.29, 0.717) is 18.0 Å². The summed E-state index contributed by atoms with van der Waals surface area (Å²) in [6.45, 7) is 6.68. The van der Waals surface area contributed by atoms with E-state index < -0.39 is 0 Å². The highest BCUT2D eigenvalue weighted by atomic mass is 16.5. The van der Waals surface area contributed by atoms with Gasteiger partial charge < -0.3 is 15.8 Å². The molecule has 1 rings (SSSR count). The lowest BCUT2D eigenvalue weighted by Gasteiger charge is -2.15. The average Bonchev–Trinajstić information content (AvgIpc) is 2.63. The third-order valence-corrected chi connectivity index (χ3v) is 3.55. The highest BCUT2D eigenvalue weighted by Gasteiger charge is 2.11. The van der Waals surface area contributed by atoms with Crippen LogP contribution in [0.1, 0.15) is 58.8 Å². The molecule has 4 nitrogen and oxygen atoms in total. The molecule has 0 spiro atoms. The Hall–Kier alpha value is -0.770. The summed E-state index contributed by atoms with van der Waals surface area (Å²) >= 11 is 0. The van der Waals surface area contributed by atoms with Crippen molar-refractivity contribution < 1.29 is 4.74 Å². The predicted molar refractivity (Wildman–Crippen MR) is 81.4 cm³/mol. The standard InChI is InChI=1S/C15H31N3O/c1-13(2)9-10-17-15(16)18-11-12-19-14-7-5-3-4-6-8-14/h13-14H,3-12H2,1-2H3,(H3,16,17,18). The second-order valence-corrected chi connectivity index (χ2v) is 5.86. The Morgan fingerprint density at radius 2 is 1.95 bits per heavy atom. The highest BCUT2D eigenvalue weighted by Crippen LogP contribution is 2.19. The summed E-state index contributed by atoms with van der Waals surface area (Å²) in [6, 6.07) is 0. The van der Waals surface area contributed by atoms with Crippen LogP contribution in [0.4, 0.5) is 0 Å². The first kappa shape index (κ1) is 16.3. The van der Waals surface area contributed by atoms with Crippen LogP contribution in [0.25, 0.3) is 0 Å². The van der Waals surface area contributed by atoms with Crippen molar-refractivity contribution in [3.05, 3.63) is 0 Å². The number of rotatable bonds is 7. The van der Waals surface area contributed by atoms with Gasteiger partial charge in [-0.3, -0.25) is 4.99 Å². The zero-order chi connectivity index (χ0) is 13.9. The second-order valence-electron chi connectivity index (χ2n) is 5.86. The van der Waals surface area contributed by atoms with E-state index in [1.165, 1.54) is 38.5 Å². The molecule has 19 heavy (non-hydrogen) atoms. The Labute approximate surface area is 118 Å². The second kappa shape index (κ2) is 10.1. The van der Waals surface area contributed by atoms with Gasteiger partial charge in [-0.2, -0.15) is 0 Å². The van der Waals surface area contributed by atoms with Gasteiger partial charge in [0.15, 0.2) is 5.96 Å². The molecule has 0 aromatic carbocycles. The van der Waals surface area contributed by atoms with Crippen molar-refractivity contribution in [1.29, 1.82) is 0 Å². The highest BCUT2D eigenvalue weighted by molar-refractivity contribution is 5.77. The van der Waals surface area contributed by atoms with Crippen LogP contribution >= 0.6 is 0 Å². The molecule has 4 heteroatoms. The van der Waals surface area contributed by atoms with Gasteiger partial charge in [0.2, 0.25) is 0 Å². The fraction of sp³-hybridized carbons (Fsp3) is 0.933. The van der Waals surface area contributed by atoms with Crippen molar-refractivity contribution in [1.82, 2.24) is 5.32 Å². The maximum atomic E-state index is 5.88. The molecule has 0 atom stereocenters. The van der Waals surface area contributed by atoms with E-state index in [1.807, 2.05) is 0 Å². The van der Waals surface area contributed by atoms with Crippen molar-refractivity contribution in [3.63, 3.8) is 0 Å². The molecule has 0 bridgehead atoms. The summed E-state index contributed by atoms with van der Waals surface area (Å²) in [7, 11) is 0. The minimum atomic E-state index is 0.461. The molecule has 1 aliphatic carbocycles. The van der Waals surface area contributed by atoms with E-state index in [9.17, 15) is 0 Å². The number of aliphatic imine (C=N–C) groups is 1. The fourth-order valence-electron chi connectivity index (χ4n) is 2.31. The van der Waals surface area contributed by atoms with Crippen molar-refractivity contribution in [2.45, 2.75) is 64.9 Å².